The second-order valence-electron chi connectivity index (χ2n) is 6.18. The lowest BCUT2D eigenvalue weighted by Crippen LogP contribution is -2.37. The summed E-state index contributed by atoms with van der Waals surface area (Å²) in [5.41, 5.74) is 1.94. The van der Waals surface area contributed by atoms with E-state index < -0.39 is 0 Å². The molecule has 2 rings (SSSR count). The molecule has 1 heterocycles. The Kier molecular flexibility index (Phi) is 6.84. The molecule has 2 aromatic rings. The number of nitrogens with zero attached hydrogens (tertiary/aromatic N) is 1. The first-order chi connectivity index (χ1) is 11.9. The van der Waals surface area contributed by atoms with Gasteiger partial charge in [-0.1, -0.05) is 0 Å². The summed E-state index contributed by atoms with van der Waals surface area (Å²) in [6.07, 6.45) is 0. The smallest absolute Gasteiger partial charge is 0.238 e. The zero-order chi connectivity index (χ0) is 18.4. The van der Waals surface area contributed by atoms with E-state index in [9.17, 15) is 4.79 Å². The van der Waals surface area contributed by atoms with Crippen LogP contribution in [0.2, 0.25) is 0 Å². The van der Waals surface area contributed by atoms with Gasteiger partial charge in [0.15, 0.2) is 0 Å². The molecule has 0 bridgehead atoms. The minimum Gasteiger partial charge on any atom is -0.497 e. The number of thiophene rings is 1. The highest BCUT2D eigenvalue weighted by molar-refractivity contribution is 7.10. The molecule has 1 N–H and O–H groups in total. The Labute approximate surface area is 153 Å². The normalized spacial score (nSPS) is 11.0. The van der Waals surface area contributed by atoms with Gasteiger partial charge in [0.05, 0.1) is 20.8 Å². The van der Waals surface area contributed by atoms with Crippen LogP contribution in [0.5, 0.6) is 11.5 Å². The summed E-state index contributed by atoms with van der Waals surface area (Å²) in [5.74, 6) is 1.23. The Hall–Kier alpha value is -2.05. The molecule has 0 aliphatic rings. The summed E-state index contributed by atoms with van der Waals surface area (Å²) in [5, 5.41) is 5.02. The fraction of sp³-hybridized carbons (Fsp3) is 0.421. The molecular formula is C19H26N2O3S. The van der Waals surface area contributed by atoms with E-state index >= 15 is 0 Å². The fourth-order valence-corrected chi connectivity index (χ4v) is 3.37. The molecular weight excluding hydrogens is 336 g/mol. The van der Waals surface area contributed by atoms with Gasteiger partial charge in [0, 0.05) is 41.4 Å². The van der Waals surface area contributed by atoms with Crippen LogP contribution in [0.3, 0.4) is 0 Å². The number of anilines is 1. The predicted octanol–water partition coefficient (Wildman–Crippen LogP) is 3.92. The topological polar surface area (TPSA) is 50.8 Å². The molecule has 25 heavy (non-hydrogen) atoms. The molecule has 0 radical (unpaired) electrons. The molecule has 0 aliphatic heterocycles. The Bertz CT molecular complexity index is 690. The highest BCUT2D eigenvalue weighted by Crippen LogP contribution is 2.26. The number of carbonyl (C=O) groups excluding carboxylic acids is 1. The first-order valence-electron chi connectivity index (χ1n) is 8.23. The van der Waals surface area contributed by atoms with Crippen molar-refractivity contribution in [2.45, 2.75) is 33.4 Å². The summed E-state index contributed by atoms with van der Waals surface area (Å²) in [6.45, 7) is 7.41. The molecule has 0 atom stereocenters. The predicted molar refractivity (Wildman–Crippen MR) is 103 cm³/mol. The molecule has 136 valence electrons. The van der Waals surface area contributed by atoms with E-state index in [-0.39, 0.29) is 11.9 Å². The molecule has 0 saturated heterocycles. The summed E-state index contributed by atoms with van der Waals surface area (Å²) in [4.78, 5) is 16.0. The maximum Gasteiger partial charge on any atom is 0.238 e. The lowest BCUT2D eigenvalue weighted by atomic mass is 10.2. The molecule has 0 saturated carbocycles. The van der Waals surface area contributed by atoms with Crippen molar-refractivity contribution in [3.8, 4) is 11.5 Å². The van der Waals surface area contributed by atoms with Crippen molar-refractivity contribution in [3.63, 3.8) is 0 Å². The first-order valence-corrected chi connectivity index (χ1v) is 9.10. The zero-order valence-electron chi connectivity index (χ0n) is 15.5. The Balaban J connectivity index is 2.05. The Morgan fingerprint density at radius 2 is 1.84 bits per heavy atom. The molecule has 1 aromatic heterocycles. The van der Waals surface area contributed by atoms with Crippen molar-refractivity contribution in [2.24, 2.45) is 0 Å². The van der Waals surface area contributed by atoms with Crippen molar-refractivity contribution < 1.29 is 14.3 Å². The summed E-state index contributed by atoms with van der Waals surface area (Å²) < 4.78 is 10.5. The summed E-state index contributed by atoms with van der Waals surface area (Å²) >= 11 is 1.73. The van der Waals surface area contributed by atoms with Gasteiger partial charge in [-0.3, -0.25) is 9.69 Å². The molecule has 0 aliphatic carbocycles. The van der Waals surface area contributed by atoms with Gasteiger partial charge in [-0.2, -0.15) is 0 Å². The van der Waals surface area contributed by atoms with E-state index in [1.165, 1.54) is 10.4 Å². The van der Waals surface area contributed by atoms with E-state index in [0.29, 0.717) is 23.7 Å². The van der Waals surface area contributed by atoms with Crippen molar-refractivity contribution >= 4 is 22.9 Å². The van der Waals surface area contributed by atoms with Crippen LogP contribution in [0.25, 0.3) is 0 Å². The summed E-state index contributed by atoms with van der Waals surface area (Å²) in [6, 6.07) is 7.72. The average molecular weight is 362 g/mol. The lowest BCUT2D eigenvalue weighted by molar-refractivity contribution is -0.117. The number of rotatable bonds is 8. The van der Waals surface area contributed by atoms with Gasteiger partial charge in [-0.05, 0) is 37.8 Å². The third kappa shape index (κ3) is 5.47. The third-order valence-electron chi connectivity index (χ3n) is 4.03. The number of hydrogen-bond acceptors (Lipinski definition) is 5. The SMILES string of the molecule is COc1cc(NC(=O)CN(Cc2sccc2C)C(C)C)cc(OC)c1. The largest absolute Gasteiger partial charge is 0.497 e. The minimum atomic E-state index is -0.0572. The number of aryl methyl sites for hydroxylation is 1. The van der Waals surface area contributed by atoms with E-state index in [2.05, 4.69) is 42.4 Å². The monoisotopic (exact) mass is 362 g/mol. The maximum absolute atomic E-state index is 12.5. The number of ether oxygens (including phenoxy) is 2. The molecule has 0 fully saturated rings. The molecule has 1 aromatic carbocycles. The third-order valence-corrected chi connectivity index (χ3v) is 5.03. The number of nitrogens with one attached hydrogen (secondary N) is 1. The lowest BCUT2D eigenvalue weighted by Gasteiger charge is -2.25. The van der Waals surface area contributed by atoms with E-state index in [1.807, 2.05) is 0 Å². The summed E-state index contributed by atoms with van der Waals surface area (Å²) in [7, 11) is 3.18. The number of methoxy groups -OCH3 is 2. The van der Waals surface area contributed by atoms with Crippen molar-refractivity contribution in [1.82, 2.24) is 4.90 Å². The average Bonchev–Trinajstić information content (AvgIpc) is 2.98. The van der Waals surface area contributed by atoms with Crippen molar-refractivity contribution in [3.05, 3.63) is 40.1 Å². The second kappa shape index (κ2) is 8.87. The standard InChI is InChI=1S/C19H26N2O3S/c1-13(2)21(11-18-14(3)6-7-25-18)12-19(22)20-15-8-16(23-4)10-17(9-15)24-5/h6-10,13H,11-12H2,1-5H3,(H,20,22). The first kappa shape index (κ1) is 19.3. The van der Waals surface area contributed by atoms with Crippen LogP contribution >= 0.6 is 11.3 Å². The van der Waals surface area contributed by atoms with Crippen LogP contribution in [0, 0.1) is 6.92 Å². The molecule has 0 spiro atoms. The van der Waals surface area contributed by atoms with Crippen LogP contribution in [-0.4, -0.2) is 37.6 Å². The number of hydrogen-bond donors (Lipinski definition) is 1. The van der Waals surface area contributed by atoms with Crippen molar-refractivity contribution in [2.75, 3.05) is 26.1 Å². The highest BCUT2D eigenvalue weighted by Gasteiger charge is 2.16. The number of benzene rings is 1. The van der Waals surface area contributed by atoms with Crippen LogP contribution in [0.4, 0.5) is 5.69 Å². The van der Waals surface area contributed by atoms with E-state index in [0.717, 1.165) is 6.54 Å². The molecule has 1 amide bonds. The number of carbonyl (C=O) groups is 1. The zero-order valence-corrected chi connectivity index (χ0v) is 16.3. The van der Waals surface area contributed by atoms with E-state index in [4.69, 9.17) is 9.47 Å². The van der Waals surface area contributed by atoms with Gasteiger partial charge in [0.25, 0.3) is 0 Å². The molecule has 6 heteroatoms. The maximum atomic E-state index is 12.5. The van der Waals surface area contributed by atoms with Crippen LogP contribution in [-0.2, 0) is 11.3 Å². The fourth-order valence-electron chi connectivity index (χ4n) is 2.44. The van der Waals surface area contributed by atoms with Gasteiger partial charge >= 0.3 is 0 Å². The molecule has 0 unspecified atom stereocenters. The molecule has 5 nitrogen and oxygen atoms in total. The van der Waals surface area contributed by atoms with Gasteiger partial charge in [-0.25, -0.2) is 0 Å². The minimum absolute atomic E-state index is 0.0572. The number of amides is 1. The van der Waals surface area contributed by atoms with Crippen LogP contribution < -0.4 is 14.8 Å². The van der Waals surface area contributed by atoms with Gasteiger partial charge in [-0.15, -0.1) is 11.3 Å². The van der Waals surface area contributed by atoms with Gasteiger partial charge in [0.1, 0.15) is 11.5 Å². The highest BCUT2D eigenvalue weighted by atomic mass is 32.1. The quantitative estimate of drug-likeness (QED) is 0.773. The van der Waals surface area contributed by atoms with Gasteiger partial charge in [0.2, 0.25) is 5.91 Å². The Morgan fingerprint density at radius 3 is 2.32 bits per heavy atom. The van der Waals surface area contributed by atoms with Crippen LogP contribution in [0.1, 0.15) is 24.3 Å². The van der Waals surface area contributed by atoms with Crippen molar-refractivity contribution in [1.29, 1.82) is 0 Å². The second-order valence-corrected chi connectivity index (χ2v) is 7.18. The Morgan fingerprint density at radius 1 is 1.20 bits per heavy atom. The van der Waals surface area contributed by atoms with Gasteiger partial charge < -0.3 is 14.8 Å². The van der Waals surface area contributed by atoms with Crippen LogP contribution in [0.15, 0.2) is 29.6 Å². The van der Waals surface area contributed by atoms with E-state index in [1.54, 1.807) is 43.8 Å².